The molecule has 0 aliphatic heterocycles. The summed E-state index contributed by atoms with van der Waals surface area (Å²) in [7, 11) is -4.67. The van der Waals surface area contributed by atoms with Crippen molar-refractivity contribution in [2.24, 2.45) is 0 Å². The van der Waals surface area contributed by atoms with Crippen LogP contribution in [0.2, 0.25) is 20.1 Å². The Bertz CT molecular complexity index is 899. The van der Waals surface area contributed by atoms with Gasteiger partial charge in [-0.05, 0) is 36.1 Å². The summed E-state index contributed by atoms with van der Waals surface area (Å²) in [4.78, 5) is 0. The molecule has 2 rings (SSSR count). The van der Waals surface area contributed by atoms with Gasteiger partial charge >= 0.3 is 10.4 Å². The lowest BCUT2D eigenvalue weighted by molar-refractivity contribution is 0.381. The summed E-state index contributed by atoms with van der Waals surface area (Å²) >= 11 is 23.2. The van der Waals surface area contributed by atoms with Gasteiger partial charge in [-0.1, -0.05) is 60.3 Å². The molecule has 0 atom stereocenters. The van der Waals surface area contributed by atoms with Gasteiger partial charge in [0.15, 0.2) is 11.5 Å². The van der Waals surface area contributed by atoms with Crippen LogP contribution in [0.25, 0.3) is 0 Å². The van der Waals surface area contributed by atoms with Crippen molar-refractivity contribution in [2.45, 2.75) is 26.7 Å². The third-order valence-corrected chi connectivity index (χ3v) is 4.83. The fourth-order valence-corrected chi connectivity index (χ4v) is 3.46. The van der Waals surface area contributed by atoms with Gasteiger partial charge in [0.25, 0.3) is 0 Å². The highest BCUT2D eigenvalue weighted by Crippen LogP contribution is 2.38. The molecule has 8 N–H and O–H groups in total. The van der Waals surface area contributed by atoms with E-state index in [1.165, 1.54) is 12.1 Å². The lowest BCUT2D eigenvalue weighted by Crippen LogP contribution is -1.91. The highest BCUT2D eigenvalue weighted by molar-refractivity contribution is 7.79. The zero-order valence-corrected chi connectivity index (χ0v) is 19.1. The number of nitrogens with two attached hydrogens (primary N) is 2. The number of phenols is 2. The normalized spacial score (nSPS) is 10.5. The zero-order chi connectivity index (χ0) is 23.1. The van der Waals surface area contributed by atoms with Gasteiger partial charge in [0, 0.05) is 10.0 Å². The predicted octanol–water partition coefficient (Wildman–Crippen LogP) is 5.03. The quantitative estimate of drug-likeness (QED) is 0.186. The summed E-state index contributed by atoms with van der Waals surface area (Å²) in [5.41, 5.74) is 12.7. The third kappa shape index (κ3) is 8.91. The Kier molecular flexibility index (Phi) is 11.2. The Morgan fingerprint density at radius 1 is 0.793 bits per heavy atom. The van der Waals surface area contributed by atoms with Crippen molar-refractivity contribution in [1.82, 2.24) is 0 Å². The molecule has 0 amide bonds. The minimum absolute atomic E-state index is 0.0853. The van der Waals surface area contributed by atoms with Gasteiger partial charge in [-0.2, -0.15) is 8.42 Å². The van der Waals surface area contributed by atoms with Crippen LogP contribution in [0, 0.1) is 0 Å². The summed E-state index contributed by atoms with van der Waals surface area (Å²) in [6.07, 6.45) is 1.34. The first-order valence-electron chi connectivity index (χ1n) is 7.75. The van der Waals surface area contributed by atoms with Gasteiger partial charge in [-0.25, -0.2) is 0 Å². The molecule has 164 valence electrons. The van der Waals surface area contributed by atoms with Crippen LogP contribution in [-0.4, -0.2) is 27.7 Å². The molecule has 13 heteroatoms. The minimum Gasteiger partial charge on any atom is -0.504 e. The molecule has 8 nitrogen and oxygen atoms in total. The standard InChI is InChI=1S/2C8H9Cl2NO.H2O4S/c2*1-2-4-5(9)3-6(11)8(12)7(4)10;1-5(2,3)4/h2*3,12H,2,11H2,1H3;(H2,1,2,3,4). The highest BCUT2D eigenvalue weighted by Gasteiger charge is 2.12. The summed E-state index contributed by atoms with van der Waals surface area (Å²) in [5.74, 6) is -0.171. The molecule has 0 radical (unpaired) electrons. The second-order valence-corrected chi connectivity index (χ2v) is 7.80. The van der Waals surface area contributed by atoms with Gasteiger partial charge in [0.1, 0.15) is 0 Å². The fourth-order valence-electron chi connectivity index (χ4n) is 1.98. The van der Waals surface area contributed by atoms with Gasteiger partial charge < -0.3 is 21.7 Å². The maximum Gasteiger partial charge on any atom is 0.394 e. The van der Waals surface area contributed by atoms with Crippen LogP contribution >= 0.6 is 46.4 Å². The van der Waals surface area contributed by atoms with E-state index in [4.69, 9.17) is 75.4 Å². The van der Waals surface area contributed by atoms with Crippen molar-refractivity contribution in [2.75, 3.05) is 11.5 Å². The number of hydrogen-bond donors (Lipinski definition) is 6. The van der Waals surface area contributed by atoms with Crippen LogP contribution in [-0.2, 0) is 23.2 Å². The minimum atomic E-state index is -4.67. The molecule has 2 aromatic carbocycles. The fraction of sp³-hybridized carbons (Fsp3) is 0.250. The Balaban J connectivity index is 0.000000442. The second-order valence-electron chi connectivity index (χ2n) is 5.33. The average Bonchev–Trinajstić information content (AvgIpc) is 2.58. The maximum absolute atomic E-state index is 9.33. The number of nitrogen functional groups attached to an aromatic ring is 2. The smallest absolute Gasteiger partial charge is 0.394 e. The van der Waals surface area contributed by atoms with E-state index in [1.807, 2.05) is 13.8 Å². The van der Waals surface area contributed by atoms with E-state index in [1.54, 1.807) is 0 Å². The van der Waals surface area contributed by atoms with Crippen molar-refractivity contribution < 1.29 is 27.7 Å². The number of aromatic hydroxyl groups is 2. The first-order valence-corrected chi connectivity index (χ1v) is 10.7. The topological polar surface area (TPSA) is 167 Å². The van der Waals surface area contributed by atoms with Crippen LogP contribution < -0.4 is 11.5 Å². The molecule has 0 fully saturated rings. The molecule has 2 aromatic rings. The molecule has 0 aromatic heterocycles. The van der Waals surface area contributed by atoms with Gasteiger partial charge in [-0.15, -0.1) is 0 Å². The molecule has 0 aliphatic rings. The van der Waals surface area contributed by atoms with Crippen LogP contribution in [0.1, 0.15) is 25.0 Å². The zero-order valence-electron chi connectivity index (χ0n) is 15.2. The molecule has 0 bridgehead atoms. The lowest BCUT2D eigenvalue weighted by atomic mass is 10.1. The summed E-state index contributed by atoms with van der Waals surface area (Å²) in [6.45, 7) is 3.81. The number of rotatable bonds is 2. The number of hydrogen-bond acceptors (Lipinski definition) is 6. The summed E-state index contributed by atoms with van der Waals surface area (Å²) < 4.78 is 31.6. The predicted molar refractivity (Wildman–Crippen MR) is 118 cm³/mol. The molecule has 0 heterocycles. The second kappa shape index (κ2) is 11.8. The third-order valence-electron chi connectivity index (χ3n) is 3.34. The number of halogens is 4. The Morgan fingerprint density at radius 3 is 1.24 bits per heavy atom. The maximum atomic E-state index is 9.33. The average molecular weight is 510 g/mol. The largest absolute Gasteiger partial charge is 0.504 e. The van der Waals surface area contributed by atoms with Crippen LogP contribution in [0.4, 0.5) is 11.4 Å². The number of anilines is 2. The van der Waals surface area contributed by atoms with Crippen LogP contribution in [0.3, 0.4) is 0 Å². The number of benzene rings is 2. The van der Waals surface area contributed by atoms with E-state index in [2.05, 4.69) is 0 Å². The van der Waals surface area contributed by atoms with Gasteiger partial charge in [-0.3, -0.25) is 9.11 Å². The van der Waals surface area contributed by atoms with Gasteiger partial charge in [0.05, 0.1) is 21.4 Å². The van der Waals surface area contributed by atoms with Crippen LogP contribution in [0.15, 0.2) is 12.1 Å². The molecule has 0 aliphatic carbocycles. The Morgan fingerprint density at radius 2 is 1.03 bits per heavy atom. The van der Waals surface area contributed by atoms with E-state index in [0.717, 1.165) is 11.1 Å². The molecular formula is C16H20Cl4N2O6S. The summed E-state index contributed by atoms with van der Waals surface area (Å²) in [5, 5.41) is 20.2. The SMILES string of the molecule is CCc1c(Cl)cc(N)c(O)c1Cl.CCc1c(Cl)cc(N)c(O)c1Cl.O=S(=O)(O)O. The highest BCUT2D eigenvalue weighted by atomic mass is 35.5. The lowest BCUT2D eigenvalue weighted by Gasteiger charge is -2.08. The summed E-state index contributed by atoms with van der Waals surface area (Å²) in [6, 6.07) is 3.00. The number of phenolic OH excluding ortho intramolecular Hbond substituents is 2. The van der Waals surface area contributed by atoms with Crippen molar-refractivity contribution in [3.05, 3.63) is 43.4 Å². The molecule has 0 unspecified atom stereocenters. The van der Waals surface area contributed by atoms with E-state index in [-0.39, 0.29) is 32.9 Å². The van der Waals surface area contributed by atoms with Crippen molar-refractivity contribution in [3.8, 4) is 11.5 Å². The molecule has 0 saturated carbocycles. The molecule has 0 spiro atoms. The Hall–Kier alpha value is -1.33. The molecule has 29 heavy (non-hydrogen) atoms. The Labute approximate surface area is 188 Å². The molecular weight excluding hydrogens is 490 g/mol. The van der Waals surface area contributed by atoms with E-state index >= 15 is 0 Å². The van der Waals surface area contributed by atoms with Crippen molar-refractivity contribution in [1.29, 1.82) is 0 Å². The van der Waals surface area contributed by atoms with E-state index in [9.17, 15) is 10.2 Å². The first kappa shape index (κ1) is 27.7. The van der Waals surface area contributed by atoms with Crippen molar-refractivity contribution in [3.63, 3.8) is 0 Å². The van der Waals surface area contributed by atoms with E-state index in [0.29, 0.717) is 22.9 Å². The van der Waals surface area contributed by atoms with Crippen molar-refractivity contribution >= 4 is 68.2 Å². The van der Waals surface area contributed by atoms with E-state index < -0.39 is 10.4 Å². The first-order chi connectivity index (χ1) is 13.1. The van der Waals surface area contributed by atoms with Gasteiger partial charge in [0.2, 0.25) is 0 Å². The molecule has 0 saturated heterocycles. The monoisotopic (exact) mass is 508 g/mol. The van der Waals surface area contributed by atoms with Crippen LogP contribution in [0.5, 0.6) is 11.5 Å².